The Kier molecular flexibility index (Phi) is 3.22. The number of ether oxygens (including phenoxy) is 1. The van der Waals surface area contributed by atoms with Crippen LogP contribution in [0, 0.1) is 0 Å². The molecular weight excluding hydrogens is 274 g/mol. The number of anilines is 1. The predicted molar refractivity (Wildman–Crippen MR) is 88.1 cm³/mol. The van der Waals surface area contributed by atoms with Crippen molar-refractivity contribution >= 4 is 16.7 Å². The molecule has 22 heavy (non-hydrogen) atoms. The summed E-state index contributed by atoms with van der Waals surface area (Å²) in [5.41, 5.74) is 8.77. The summed E-state index contributed by atoms with van der Waals surface area (Å²) < 4.78 is 8.14. The van der Waals surface area contributed by atoms with E-state index in [9.17, 15) is 0 Å². The first-order chi connectivity index (χ1) is 10.8. The van der Waals surface area contributed by atoms with Crippen LogP contribution < -0.4 is 10.5 Å². The minimum atomic E-state index is 0.615. The number of nitrogens with zero attached hydrogens (tertiary/aromatic N) is 2. The lowest BCUT2D eigenvalue weighted by atomic mass is 10.3. The smallest absolute Gasteiger partial charge is 0.121 e. The third kappa shape index (κ3) is 2.52. The number of hydrogen-bond acceptors (Lipinski definition) is 3. The molecule has 3 aromatic rings. The van der Waals surface area contributed by atoms with Gasteiger partial charge in [-0.15, -0.1) is 0 Å². The normalized spacial score (nSPS) is 14.4. The SMILES string of the molecule is Nc1cccc(OCCn2c(C3CC3)nc3ccccc32)c1. The highest BCUT2D eigenvalue weighted by Crippen LogP contribution is 2.40. The Bertz CT molecular complexity index is 805. The maximum atomic E-state index is 5.84. The van der Waals surface area contributed by atoms with Crippen LogP contribution in [-0.4, -0.2) is 16.2 Å². The monoisotopic (exact) mass is 293 g/mol. The van der Waals surface area contributed by atoms with E-state index < -0.39 is 0 Å². The lowest BCUT2D eigenvalue weighted by molar-refractivity contribution is 0.298. The summed E-state index contributed by atoms with van der Waals surface area (Å²) >= 11 is 0. The average Bonchev–Trinajstić information content (AvgIpc) is 3.30. The summed E-state index contributed by atoms with van der Waals surface area (Å²) in [6.45, 7) is 1.42. The molecular formula is C18H19N3O. The molecule has 1 saturated carbocycles. The number of hydrogen-bond donors (Lipinski definition) is 1. The zero-order chi connectivity index (χ0) is 14.9. The van der Waals surface area contributed by atoms with Gasteiger partial charge in [-0.2, -0.15) is 0 Å². The van der Waals surface area contributed by atoms with Gasteiger partial charge < -0.3 is 15.0 Å². The zero-order valence-electron chi connectivity index (χ0n) is 12.4. The second-order valence-corrected chi connectivity index (χ2v) is 5.81. The number of para-hydroxylation sites is 2. The second-order valence-electron chi connectivity index (χ2n) is 5.81. The maximum absolute atomic E-state index is 5.84. The molecule has 1 heterocycles. The molecule has 4 heteroatoms. The average molecular weight is 293 g/mol. The quantitative estimate of drug-likeness (QED) is 0.732. The van der Waals surface area contributed by atoms with Gasteiger partial charge in [0.05, 0.1) is 17.6 Å². The minimum Gasteiger partial charge on any atom is -0.492 e. The molecule has 2 N–H and O–H groups in total. The van der Waals surface area contributed by atoms with Crippen molar-refractivity contribution < 1.29 is 4.74 Å². The maximum Gasteiger partial charge on any atom is 0.121 e. The van der Waals surface area contributed by atoms with Crippen LogP contribution in [-0.2, 0) is 6.54 Å². The summed E-state index contributed by atoms with van der Waals surface area (Å²) in [5, 5.41) is 0. The van der Waals surface area contributed by atoms with Gasteiger partial charge in [0.2, 0.25) is 0 Å². The predicted octanol–water partition coefficient (Wildman–Crippen LogP) is 3.57. The van der Waals surface area contributed by atoms with Gasteiger partial charge in [0, 0.05) is 17.7 Å². The fraction of sp³-hybridized carbons (Fsp3) is 0.278. The van der Waals surface area contributed by atoms with E-state index in [4.69, 9.17) is 15.5 Å². The van der Waals surface area contributed by atoms with Crippen LogP contribution in [0.1, 0.15) is 24.6 Å². The summed E-state index contributed by atoms with van der Waals surface area (Å²) in [6.07, 6.45) is 2.50. The van der Waals surface area contributed by atoms with Crippen LogP contribution in [0.4, 0.5) is 5.69 Å². The van der Waals surface area contributed by atoms with E-state index in [1.54, 1.807) is 0 Å². The van der Waals surface area contributed by atoms with Crippen LogP contribution in [0.2, 0.25) is 0 Å². The van der Waals surface area contributed by atoms with Crippen molar-refractivity contribution in [3.63, 3.8) is 0 Å². The molecule has 0 radical (unpaired) electrons. The summed E-state index contributed by atoms with van der Waals surface area (Å²) in [5.74, 6) is 2.65. The molecule has 2 aromatic carbocycles. The van der Waals surface area contributed by atoms with Gasteiger partial charge in [0.15, 0.2) is 0 Å². The van der Waals surface area contributed by atoms with Gasteiger partial charge in [-0.05, 0) is 37.1 Å². The number of aromatic nitrogens is 2. The van der Waals surface area contributed by atoms with Crippen LogP contribution in [0.3, 0.4) is 0 Å². The fourth-order valence-electron chi connectivity index (χ4n) is 2.84. The van der Waals surface area contributed by atoms with Gasteiger partial charge >= 0.3 is 0 Å². The molecule has 0 bridgehead atoms. The first kappa shape index (κ1) is 13.2. The molecule has 1 aliphatic rings. The Labute approximate surface area is 129 Å². The molecule has 0 spiro atoms. The lowest BCUT2D eigenvalue weighted by Gasteiger charge is -2.10. The highest BCUT2D eigenvalue weighted by molar-refractivity contribution is 5.76. The van der Waals surface area contributed by atoms with Crippen LogP contribution in [0.25, 0.3) is 11.0 Å². The molecule has 1 aromatic heterocycles. The number of imidazole rings is 1. The van der Waals surface area contributed by atoms with E-state index in [2.05, 4.69) is 22.8 Å². The van der Waals surface area contributed by atoms with Crippen LogP contribution >= 0.6 is 0 Å². The molecule has 0 atom stereocenters. The molecule has 0 aliphatic heterocycles. The third-order valence-corrected chi connectivity index (χ3v) is 4.07. The van der Waals surface area contributed by atoms with Gasteiger partial charge in [-0.3, -0.25) is 0 Å². The number of rotatable bonds is 5. The largest absolute Gasteiger partial charge is 0.492 e. The Hall–Kier alpha value is -2.49. The molecule has 4 rings (SSSR count). The molecule has 0 saturated heterocycles. The van der Waals surface area contributed by atoms with Crippen LogP contribution in [0.15, 0.2) is 48.5 Å². The highest BCUT2D eigenvalue weighted by Gasteiger charge is 2.29. The van der Waals surface area contributed by atoms with Crippen molar-refractivity contribution in [1.82, 2.24) is 9.55 Å². The minimum absolute atomic E-state index is 0.615. The summed E-state index contributed by atoms with van der Waals surface area (Å²) in [4.78, 5) is 4.80. The van der Waals surface area contributed by atoms with Crippen molar-refractivity contribution in [2.24, 2.45) is 0 Å². The molecule has 0 unspecified atom stereocenters. The van der Waals surface area contributed by atoms with Crippen molar-refractivity contribution in [3.05, 3.63) is 54.4 Å². The second kappa shape index (κ2) is 5.37. The van der Waals surface area contributed by atoms with E-state index >= 15 is 0 Å². The molecule has 0 amide bonds. The highest BCUT2D eigenvalue weighted by atomic mass is 16.5. The van der Waals surface area contributed by atoms with Crippen LogP contribution in [0.5, 0.6) is 5.75 Å². The van der Waals surface area contributed by atoms with Gasteiger partial charge in [-0.25, -0.2) is 4.98 Å². The van der Waals surface area contributed by atoms with Crippen molar-refractivity contribution in [1.29, 1.82) is 0 Å². The standard InChI is InChI=1S/C18H19N3O/c19-14-4-3-5-15(12-14)22-11-10-21-17-7-2-1-6-16(17)20-18(21)13-8-9-13/h1-7,12-13H,8-11,19H2. The van der Waals surface area contributed by atoms with Gasteiger partial charge in [0.25, 0.3) is 0 Å². The fourth-order valence-corrected chi connectivity index (χ4v) is 2.84. The Morgan fingerprint density at radius 2 is 2.00 bits per heavy atom. The Morgan fingerprint density at radius 1 is 1.14 bits per heavy atom. The summed E-state index contributed by atoms with van der Waals surface area (Å²) in [7, 11) is 0. The number of benzene rings is 2. The molecule has 112 valence electrons. The number of fused-ring (bicyclic) bond motifs is 1. The topological polar surface area (TPSA) is 53.1 Å². The summed E-state index contributed by atoms with van der Waals surface area (Å²) in [6, 6.07) is 15.9. The van der Waals surface area contributed by atoms with E-state index in [-0.39, 0.29) is 0 Å². The van der Waals surface area contributed by atoms with E-state index in [1.807, 2.05) is 30.3 Å². The first-order valence-corrected chi connectivity index (χ1v) is 7.75. The first-order valence-electron chi connectivity index (χ1n) is 7.75. The number of nitrogens with two attached hydrogens (primary N) is 1. The lowest BCUT2D eigenvalue weighted by Crippen LogP contribution is -2.10. The number of nitrogen functional groups attached to an aromatic ring is 1. The molecule has 1 aliphatic carbocycles. The molecule has 1 fully saturated rings. The zero-order valence-corrected chi connectivity index (χ0v) is 12.4. The van der Waals surface area contributed by atoms with Crippen molar-refractivity contribution in [2.45, 2.75) is 25.3 Å². The van der Waals surface area contributed by atoms with Gasteiger partial charge in [-0.1, -0.05) is 18.2 Å². The van der Waals surface area contributed by atoms with E-state index in [1.165, 1.54) is 24.2 Å². The van der Waals surface area contributed by atoms with E-state index in [0.717, 1.165) is 23.5 Å². The van der Waals surface area contributed by atoms with Crippen molar-refractivity contribution in [2.75, 3.05) is 12.3 Å². The Morgan fingerprint density at radius 3 is 2.82 bits per heavy atom. The van der Waals surface area contributed by atoms with E-state index in [0.29, 0.717) is 12.5 Å². The third-order valence-electron chi connectivity index (χ3n) is 4.07. The molecule has 4 nitrogen and oxygen atoms in total. The van der Waals surface area contributed by atoms with Gasteiger partial charge in [0.1, 0.15) is 18.2 Å². The Balaban J connectivity index is 1.54. The van der Waals surface area contributed by atoms with Crippen molar-refractivity contribution in [3.8, 4) is 5.75 Å².